The first-order valence-corrected chi connectivity index (χ1v) is 11.5. The predicted octanol–water partition coefficient (Wildman–Crippen LogP) is -0.700. The Morgan fingerprint density at radius 1 is 0.828 bits per heavy atom. The zero-order valence-electron chi connectivity index (χ0n) is 17.6. The molecule has 3 N–H and O–H groups in total. The van der Waals surface area contributed by atoms with Gasteiger partial charge in [-0.3, -0.25) is 9.59 Å². The van der Waals surface area contributed by atoms with Gasteiger partial charge in [0.05, 0.1) is 0 Å². The number of hydrogen-bond acceptors (Lipinski definition) is 2. The standard InChI is InChI=1S/C23H34N4O2/c28-22(24-21-9-8-19-6-5-7-20(19)16-21)17-25-12-14-26(15-13-25)18-23(29)27-10-3-1-2-4-11-27/h8-9,16H,1-7,10-15,17-18H2,(H,24,28)/p+2. The Bertz CT molecular complexity index is 720. The summed E-state index contributed by atoms with van der Waals surface area (Å²) in [6.45, 7) is 6.88. The van der Waals surface area contributed by atoms with E-state index in [1.165, 1.54) is 46.6 Å². The van der Waals surface area contributed by atoms with E-state index in [0.29, 0.717) is 19.0 Å². The summed E-state index contributed by atoms with van der Waals surface area (Å²) < 4.78 is 0. The van der Waals surface area contributed by atoms with E-state index in [4.69, 9.17) is 0 Å². The van der Waals surface area contributed by atoms with Crippen molar-refractivity contribution in [3.63, 3.8) is 0 Å². The van der Waals surface area contributed by atoms with Crippen molar-refractivity contribution in [1.29, 1.82) is 0 Å². The molecule has 0 saturated carbocycles. The zero-order chi connectivity index (χ0) is 20.1. The van der Waals surface area contributed by atoms with Crippen LogP contribution in [0.5, 0.6) is 0 Å². The van der Waals surface area contributed by atoms with Gasteiger partial charge in [0.25, 0.3) is 11.8 Å². The number of quaternary nitrogens is 2. The van der Waals surface area contributed by atoms with Crippen LogP contribution in [0.15, 0.2) is 18.2 Å². The van der Waals surface area contributed by atoms with Gasteiger partial charge in [0.1, 0.15) is 26.2 Å². The molecule has 1 aromatic carbocycles. The second-order valence-electron chi connectivity index (χ2n) is 9.03. The minimum Gasteiger partial charge on any atom is -0.338 e. The normalized spacial score (nSPS) is 24.6. The molecule has 4 rings (SSSR count). The topological polar surface area (TPSA) is 58.3 Å². The van der Waals surface area contributed by atoms with Crippen molar-refractivity contribution in [3.8, 4) is 0 Å². The number of nitrogens with zero attached hydrogens (tertiary/aromatic N) is 1. The molecule has 2 heterocycles. The number of nitrogens with one attached hydrogen (secondary N) is 3. The largest absolute Gasteiger partial charge is 0.338 e. The third-order valence-electron chi connectivity index (χ3n) is 6.82. The zero-order valence-corrected chi connectivity index (χ0v) is 17.6. The van der Waals surface area contributed by atoms with Crippen LogP contribution in [0, 0.1) is 0 Å². The van der Waals surface area contributed by atoms with Crippen molar-refractivity contribution in [3.05, 3.63) is 29.3 Å². The first kappa shape index (κ1) is 20.4. The number of rotatable bonds is 5. The summed E-state index contributed by atoms with van der Waals surface area (Å²) in [5.74, 6) is 0.418. The van der Waals surface area contributed by atoms with Crippen molar-refractivity contribution in [2.75, 3.05) is 57.7 Å². The molecule has 3 aliphatic rings. The number of amides is 2. The fourth-order valence-electron chi connectivity index (χ4n) is 5.04. The lowest BCUT2D eigenvalue weighted by Gasteiger charge is -2.30. The van der Waals surface area contributed by atoms with E-state index in [1.807, 2.05) is 6.07 Å². The fourth-order valence-corrected chi connectivity index (χ4v) is 5.04. The van der Waals surface area contributed by atoms with Crippen LogP contribution in [0.1, 0.15) is 43.2 Å². The SMILES string of the molecule is O=C(C[NH+]1CC[NH+](CC(=O)N2CCCCCC2)CC1)Nc1ccc2c(c1)CCC2. The molecule has 0 spiro atoms. The molecule has 6 nitrogen and oxygen atoms in total. The van der Waals surface area contributed by atoms with Crippen molar-refractivity contribution in [2.24, 2.45) is 0 Å². The predicted molar refractivity (Wildman–Crippen MR) is 113 cm³/mol. The summed E-state index contributed by atoms with van der Waals surface area (Å²) in [5.41, 5.74) is 3.76. The van der Waals surface area contributed by atoms with Gasteiger partial charge in [-0.1, -0.05) is 18.9 Å². The molecule has 0 bridgehead atoms. The Kier molecular flexibility index (Phi) is 6.82. The number of benzene rings is 1. The third kappa shape index (κ3) is 5.58. The van der Waals surface area contributed by atoms with E-state index in [9.17, 15) is 9.59 Å². The van der Waals surface area contributed by atoms with Gasteiger partial charge in [-0.2, -0.15) is 0 Å². The molecule has 2 aliphatic heterocycles. The maximum Gasteiger partial charge on any atom is 0.279 e. The van der Waals surface area contributed by atoms with Gasteiger partial charge in [-0.15, -0.1) is 0 Å². The average molecular weight is 401 g/mol. The molecule has 158 valence electrons. The number of hydrogen-bond donors (Lipinski definition) is 3. The van der Waals surface area contributed by atoms with Crippen LogP contribution in [0.25, 0.3) is 0 Å². The summed E-state index contributed by atoms with van der Waals surface area (Å²) in [6, 6.07) is 6.34. The van der Waals surface area contributed by atoms with Gasteiger partial charge in [-0.05, 0) is 55.4 Å². The lowest BCUT2D eigenvalue weighted by molar-refractivity contribution is -1.00. The number of aryl methyl sites for hydroxylation is 2. The highest BCUT2D eigenvalue weighted by Crippen LogP contribution is 2.24. The van der Waals surface area contributed by atoms with Crippen LogP contribution in [-0.2, 0) is 22.4 Å². The second-order valence-corrected chi connectivity index (χ2v) is 9.03. The summed E-state index contributed by atoms with van der Waals surface area (Å²) in [4.78, 5) is 29.9. The Labute approximate surface area is 174 Å². The number of anilines is 1. The minimum absolute atomic E-state index is 0.0991. The molecule has 0 radical (unpaired) electrons. The first-order valence-electron chi connectivity index (χ1n) is 11.5. The van der Waals surface area contributed by atoms with Crippen LogP contribution < -0.4 is 15.1 Å². The average Bonchev–Trinajstić information content (AvgIpc) is 3.00. The molecule has 29 heavy (non-hydrogen) atoms. The Morgan fingerprint density at radius 2 is 1.48 bits per heavy atom. The van der Waals surface area contributed by atoms with Crippen LogP contribution in [0.2, 0.25) is 0 Å². The number of carbonyl (C=O) groups excluding carboxylic acids is 2. The number of likely N-dealkylation sites (tertiary alicyclic amines) is 1. The summed E-state index contributed by atoms with van der Waals surface area (Å²) in [5, 5.41) is 3.08. The number of fused-ring (bicyclic) bond motifs is 1. The quantitative estimate of drug-likeness (QED) is 0.612. The molecule has 2 saturated heterocycles. The van der Waals surface area contributed by atoms with Gasteiger partial charge in [0, 0.05) is 18.8 Å². The highest BCUT2D eigenvalue weighted by molar-refractivity contribution is 5.91. The highest BCUT2D eigenvalue weighted by atomic mass is 16.2. The molecule has 1 aromatic rings. The summed E-state index contributed by atoms with van der Waals surface area (Å²) in [7, 11) is 0. The molecular formula is C23H36N4O2+2. The van der Waals surface area contributed by atoms with E-state index in [2.05, 4.69) is 22.3 Å². The molecule has 2 amide bonds. The van der Waals surface area contributed by atoms with Gasteiger partial charge in [0.15, 0.2) is 13.1 Å². The van der Waals surface area contributed by atoms with E-state index in [1.54, 1.807) is 0 Å². The molecule has 0 aromatic heterocycles. The van der Waals surface area contributed by atoms with Crippen molar-refractivity contribution in [1.82, 2.24) is 4.90 Å². The fraction of sp³-hybridized carbons (Fsp3) is 0.652. The number of piperazine rings is 1. The van der Waals surface area contributed by atoms with Crippen LogP contribution in [0.3, 0.4) is 0 Å². The third-order valence-corrected chi connectivity index (χ3v) is 6.82. The Morgan fingerprint density at radius 3 is 2.21 bits per heavy atom. The van der Waals surface area contributed by atoms with Gasteiger partial charge < -0.3 is 20.0 Å². The minimum atomic E-state index is 0.0991. The molecule has 1 aliphatic carbocycles. The van der Waals surface area contributed by atoms with Gasteiger partial charge in [-0.25, -0.2) is 0 Å². The molecule has 2 fully saturated rings. The van der Waals surface area contributed by atoms with Crippen LogP contribution in [-0.4, -0.2) is 69.1 Å². The Hall–Kier alpha value is -1.92. The van der Waals surface area contributed by atoms with Crippen LogP contribution >= 0.6 is 0 Å². The van der Waals surface area contributed by atoms with E-state index < -0.39 is 0 Å². The highest BCUT2D eigenvalue weighted by Gasteiger charge is 2.28. The molecular weight excluding hydrogens is 364 g/mol. The van der Waals surface area contributed by atoms with Gasteiger partial charge in [0.2, 0.25) is 0 Å². The van der Waals surface area contributed by atoms with E-state index >= 15 is 0 Å². The Balaban J connectivity index is 1.18. The van der Waals surface area contributed by atoms with Gasteiger partial charge >= 0.3 is 0 Å². The molecule has 0 atom stereocenters. The monoisotopic (exact) mass is 400 g/mol. The maximum absolute atomic E-state index is 12.6. The lowest BCUT2D eigenvalue weighted by atomic mass is 10.1. The van der Waals surface area contributed by atoms with Crippen molar-refractivity contribution in [2.45, 2.75) is 44.9 Å². The van der Waals surface area contributed by atoms with E-state index in [0.717, 1.165) is 64.2 Å². The number of carbonyl (C=O) groups is 2. The van der Waals surface area contributed by atoms with Crippen molar-refractivity contribution < 1.29 is 19.4 Å². The maximum atomic E-state index is 12.6. The summed E-state index contributed by atoms with van der Waals surface area (Å²) >= 11 is 0. The van der Waals surface area contributed by atoms with E-state index in [-0.39, 0.29) is 5.91 Å². The summed E-state index contributed by atoms with van der Waals surface area (Å²) in [6.07, 6.45) is 8.34. The van der Waals surface area contributed by atoms with Crippen molar-refractivity contribution >= 4 is 17.5 Å². The lowest BCUT2D eigenvalue weighted by Crippen LogP contribution is -3.28. The molecule has 0 unspecified atom stereocenters. The first-order chi connectivity index (χ1) is 14.2. The van der Waals surface area contributed by atoms with Crippen LogP contribution in [0.4, 0.5) is 5.69 Å². The smallest absolute Gasteiger partial charge is 0.279 e. The molecule has 6 heteroatoms. The second kappa shape index (κ2) is 9.72.